The average molecular weight is 784 g/mol. The van der Waals surface area contributed by atoms with Crippen LogP contribution in [0.2, 0.25) is 5.02 Å². The van der Waals surface area contributed by atoms with Crippen LogP contribution >= 0.6 is 33.2 Å². The van der Waals surface area contributed by atoms with Gasteiger partial charge in [0.25, 0.3) is 0 Å². The molecule has 1 aromatic rings. The van der Waals surface area contributed by atoms with Gasteiger partial charge in [-0.2, -0.15) is 0 Å². The number of esters is 1. The van der Waals surface area contributed by atoms with Gasteiger partial charge in [0.1, 0.15) is 40.7 Å². The zero-order valence-corrected chi connectivity index (χ0v) is 33.5. The molecule has 4 bridgehead atoms. The van der Waals surface area contributed by atoms with Gasteiger partial charge >= 0.3 is 12.1 Å². The normalized spacial score (nSPS) is 29.9. The number of carbonyl (C=O) groups is 4. The fourth-order valence-corrected chi connectivity index (χ4v) is 8.09. The molecule has 0 radical (unpaired) electrons. The highest BCUT2D eigenvalue weighted by Crippen LogP contribution is 2.49. The molecule has 0 aromatic heterocycles. The van der Waals surface area contributed by atoms with Gasteiger partial charge in [-0.3, -0.25) is 14.9 Å². The smallest absolute Gasteiger partial charge is 0.409 e. The third-order valence-electron chi connectivity index (χ3n) is 10.0. The van der Waals surface area contributed by atoms with E-state index >= 15 is 0 Å². The van der Waals surface area contributed by atoms with Crippen molar-refractivity contribution in [2.24, 2.45) is 5.92 Å². The average Bonchev–Trinajstić information content (AvgIpc) is 3.80. The number of halogens is 1. The van der Waals surface area contributed by atoms with E-state index in [4.69, 9.17) is 35.3 Å². The summed E-state index contributed by atoms with van der Waals surface area (Å²) >= 11 is 6.75. The van der Waals surface area contributed by atoms with Crippen LogP contribution in [-0.2, 0) is 39.8 Å². The van der Waals surface area contributed by atoms with Gasteiger partial charge in [0.15, 0.2) is 5.72 Å². The highest BCUT2D eigenvalue weighted by atomic mass is 35.5. The van der Waals surface area contributed by atoms with Crippen LogP contribution in [0.25, 0.3) is 0 Å². The second-order valence-electron chi connectivity index (χ2n) is 13.6. The number of likely N-dealkylation sites (N-methyl/N-ethyl adjacent to an activating group) is 1. The lowest BCUT2D eigenvalue weighted by molar-refractivity contribution is -0.161. The minimum absolute atomic E-state index is 0.0452. The van der Waals surface area contributed by atoms with Crippen molar-refractivity contribution in [3.05, 3.63) is 46.5 Å². The molecular formula is C36H50ClN3O10S2. The Balaban J connectivity index is 1.74. The molecule has 2 fully saturated rings. The number of rotatable bonds is 9. The van der Waals surface area contributed by atoms with E-state index in [-0.39, 0.29) is 30.2 Å². The number of hydrogen-bond acceptors (Lipinski definition) is 12. The molecular weight excluding hydrogens is 734 g/mol. The summed E-state index contributed by atoms with van der Waals surface area (Å²) < 4.78 is 29.2. The van der Waals surface area contributed by atoms with Crippen molar-refractivity contribution in [2.75, 3.05) is 45.2 Å². The van der Waals surface area contributed by atoms with Crippen LogP contribution in [0.5, 0.6) is 5.75 Å². The number of fused-ring (bicyclic) bond motifs is 5. The van der Waals surface area contributed by atoms with Gasteiger partial charge in [-0.05, 0) is 51.1 Å². The maximum absolute atomic E-state index is 14.1. The van der Waals surface area contributed by atoms with Gasteiger partial charge in [0, 0.05) is 45.7 Å². The van der Waals surface area contributed by atoms with E-state index in [9.17, 15) is 24.3 Å². The highest BCUT2D eigenvalue weighted by molar-refractivity contribution is 8.76. The van der Waals surface area contributed by atoms with E-state index in [1.165, 1.54) is 31.1 Å². The van der Waals surface area contributed by atoms with E-state index in [1.807, 2.05) is 19.3 Å². The van der Waals surface area contributed by atoms with E-state index in [0.717, 1.165) is 11.1 Å². The fraction of sp³-hybridized carbons (Fsp3) is 0.611. The molecule has 2 saturated heterocycles. The molecule has 288 valence electrons. The van der Waals surface area contributed by atoms with Gasteiger partial charge in [-0.1, -0.05) is 63.9 Å². The number of epoxide rings is 1. The van der Waals surface area contributed by atoms with Crippen molar-refractivity contribution in [2.45, 2.75) is 95.2 Å². The number of nitrogens with zero attached hydrogens (tertiary/aromatic N) is 2. The Bertz CT molecular complexity index is 1580. The quantitative estimate of drug-likeness (QED) is 0.151. The number of methoxy groups -OCH3 is 2. The first-order chi connectivity index (χ1) is 24.5. The van der Waals surface area contributed by atoms with Crippen molar-refractivity contribution in [3.63, 3.8) is 0 Å². The number of alkyl carbamates (subject to hydrolysis) is 1. The zero-order valence-electron chi connectivity index (χ0n) is 31.1. The lowest BCUT2D eigenvalue weighted by Crippen LogP contribution is -2.63. The van der Waals surface area contributed by atoms with Crippen LogP contribution in [0.3, 0.4) is 0 Å². The molecule has 3 heterocycles. The van der Waals surface area contributed by atoms with Gasteiger partial charge < -0.3 is 38.6 Å². The summed E-state index contributed by atoms with van der Waals surface area (Å²) in [6, 6.07) is 2.63. The molecule has 3 aliphatic rings. The second kappa shape index (κ2) is 17.5. The number of benzene rings is 1. The molecule has 2 N–H and O–H groups in total. The van der Waals surface area contributed by atoms with Crippen LogP contribution in [0.1, 0.15) is 52.5 Å². The molecule has 13 nitrogen and oxygen atoms in total. The summed E-state index contributed by atoms with van der Waals surface area (Å²) in [6.45, 7) is 7.02. The first kappa shape index (κ1) is 41.8. The third kappa shape index (κ3) is 9.40. The summed E-state index contributed by atoms with van der Waals surface area (Å²) in [5.41, 5.74) is -0.884. The Hall–Kier alpha value is -2.95. The SMILES string of the molecule is COc1cc2cc(c1Cl)N(C)C(=O)C[C@H](OC(=O)[C@H](C)N(C)C(=O)CCSSC)[C@]1(C)OC1[C@H](C)[C@@H]1C[C@@](O)(NC(=O)O1)[C@H](OC)C=CC=C(C)C2. The second-order valence-corrected chi connectivity index (χ2v) is 16.7. The Morgan fingerprint density at radius 1 is 1.27 bits per heavy atom. The fourth-order valence-electron chi connectivity index (χ4n) is 6.61. The van der Waals surface area contributed by atoms with E-state index in [1.54, 1.807) is 73.7 Å². The summed E-state index contributed by atoms with van der Waals surface area (Å²) in [5, 5.41) is 14.5. The number of anilines is 1. The summed E-state index contributed by atoms with van der Waals surface area (Å²) in [6.07, 6.45) is 3.17. The molecule has 4 rings (SSSR count). The summed E-state index contributed by atoms with van der Waals surface area (Å²) in [4.78, 5) is 56.2. The van der Waals surface area contributed by atoms with Crippen molar-refractivity contribution in [1.29, 1.82) is 0 Å². The van der Waals surface area contributed by atoms with Gasteiger partial charge in [0.05, 0.1) is 25.3 Å². The van der Waals surface area contributed by atoms with Crippen LogP contribution in [-0.4, -0.2) is 116 Å². The van der Waals surface area contributed by atoms with Gasteiger partial charge in [-0.25, -0.2) is 9.59 Å². The van der Waals surface area contributed by atoms with Crippen LogP contribution in [0.4, 0.5) is 10.5 Å². The maximum Gasteiger partial charge on any atom is 0.409 e. The number of hydrogen-bond donors (Lipinski definition) is 2. The number of nitrogens with one attached hydrogen (secondary N) is 1. The third-order valence-corrected chi connectivity index (χ3v) is 12.2. The standard InChI is InChI=1S/C36H50ClN3O10S2/c1-20-11-10-12-27(47-8)36(45)19-26(48-34(44)38-36)21(2)32-35(4,50-32)28(49-33(43)22(3)39(5)29(41)13-14-52-51-9)18-30(42)40(6)24-16-23(15-20)17-25(46-7)31(24)37/h10-12,16-17,21-22,26-28,32,45H,13-15,18-19H2,1-9H3,(H,38,44)/t21-,22+,26+,27-,28+,32?,35+,36+/m1/s1. The van der Waals surface area contributed by atoms with Crippen molar-refractivity contribution in [1.82, 2.24) is 10.2 Å². The van der Waals surface area contributed by atoms with Gasteiger partial charge in [0.2, 0.25) is 11.8 Å². The largest absolute Gasteiger partial charge is 0.495 e. The monoisotopic (exact) mass is 783 g/mol. The Morgan fingerprint density at radius 3 is 2.63 bits per heavy atom. The zero-order chi connectivity index (χ0) is 38.5. The highest BCUT2D eigenvalue weighted by Gasteiger charge is 2.64. The number of amides is 3. The van der Waals surface area contributed by atoms with Crippen molar-refractivity contribution < 1.29 is 48.0 Å². The molecule has 0 aliphatic carbocycles. The first-order valence-electron chi connectivity index (χ1n) is 17.0. The van der Waals surface area contributed by atoms with E-state index < -0.39 is 65.7 Å². The lowest BCUT2D eigenvalue weighted by atomic mass is 9.83. The van der Waals surface area contributed by atoms with Crippen LogP contribution < -0.4 is 15.0 Å². The number of ether oxygens (including phenoxy) is 5. The Labute approximate surface area is 318 Å². The first-order valence-corrected chi connectivity index (χ1v) is 20.1. The summed E-state index contributed by atoms with van der Waals surface area (Å²) in [7, 11) is 9.14. The van der Waals surface area contributed by atoms with Crippen LogP contribution in [0.15, 0.2) is 35.9 Å². The Kier molecular flexibility index (Phi) is 14.0. The molecule has 8 atom stereocenters. The molecule has 1 aromatic carbocycles. The van der Waals surface area contributed by atoms with Crippen LogP contribution in [0, 0.1) is 5.92 Å². The minimum Gasteiger partial charge on any atom is -0.495 e. The predicted molar refractivity (Wildman–Crippen MR) is 202 cm³/mol. The van der Waals surface area contributed by atoms with Gasteiger partial charge in [-0.15, -0.1) is 0 Å². The van der Waals surface area contributed by atoms with Crippen molar-refractivity contribution >= 4 is 62.8 Å². The Morgan fingerprint density at radius 2 is 1.98 bits per heavy atom. The predicted octanol–water partition coefficient (Wildman–Crippen LogP) is 4.92. The maximum atomic E-state index is 14.1. The number of aliphatic hydroxyl groups is 1. The number of allylic oxidation sites excluding steroid dienone is 3. The lowest BCUT2D eigenvalue weighted by Gasteiger charge is -2.42. The van der Waals surface area contributed by atoms with E-state index in [2.05, 4.69) is 5.32 Å². The molecule has 0 spiro atoms. The topological polar surface area (TPSA) is 156 Å². The molecule has 52 heavy (non-hydrogen) atoms. The molecule has 1 unspecified atom stereocenters. The minimum atomic E-state index is -1.82. The summed E-state index contributed by atoms with van der Waals surface area (Å²) in [5.74, 6) is -0.916. The molecule has 3 aliphatic heterocycles. The molecule has 16 heteroatoms. The van der Waals surface area contributed by atoms with E-state index in [0.29, 0.717) is 23.6 Å². The number of carbonyl (C=O) groups excluding carboxylic acids is 4. The molecule has 3 amide bonds. The molecule has 0 saturated carbocycles. The van der Waals surface area contributed by atoms with Crippen molar-refractivity contribution in [3.8, 4) is 5.75 Å².